The summed E-state index contributed by atoms with van der Waals surface area (Å²) >= 11 is 0. The van der Waals surface area contributed by atoms with E-state index in [0.29, 0.717) is 17.4 Å². The van der Waals surface area contributed by atoms with E-state index in [1.807, 2.05) is 18.2 Å². The third-order valence-corrected chi connectivity index (χ3v) is 6.00. The summed E-state index contributed by atoms with van der Waals surface area (Å²) in [4.78, 5) is 27.6. The van der Waals surface area contributed by atoms with Crippen LogP contribution in [0.3, 0.4) is 0 Å². The molecule has 0 saturated carbocycles. The molecule has 1 aromatic heterocycles. The lowest BCUT2D eigenvalue weighted by molar-refractivity contribution is -0.121. The molecule has 0 spiro atoms. The molecule has 0 bridgehead atoms. The van der Waals surface area contributed by atoms with E-state index in [0.717, 1.165) is 24.4 Å². The number of amides is 1. The summed E-state index contributed by atoms with van der Waals surface area (Å²) in [6.07, 6.45) is 3.76. The lowest BCUT2D eigenvalue weighted by atomic mass is 10.0. The molecule has 32 heavy (non-hydrogen) atoms. The highest BCUT2D eigenvalue weighted by Crippen LogP contribution is 2.25. The second-order valence-corrected chi connectivity index (χ2v) is 8.07. The number of carbonyl (C=O) groups excluding carboxylic acids is 1. The summed E-state index contributed by atoms with van der Waals surface area (Å²) in [6.45, 7) is 2.76. The van der Waals surface area contributed by atoms with Gasteiger partial charge in [-0.15, -0.1) is 5.10 Å². The van der Waals surface area contributed by atoms with E-state index in [2.05, 4.69) is 32.7 Å². The molecule has 8 heteroatoms. The summed E-state index contributed by atoms with van der Waals surface area (Å²) in [5.41, 5.74) is 1.49. The SMILES string of the molecule is COc1ccc(C(CNC(=O)CCn2nnc3ccccc3c2=O)N2CCCCC2)cc1. The van der Waals surface area contributed by atoms with Crippen molar-refractivity contribution in [1.29, 1.82) is 0 Å². The molecule has 0 radical (unpaired) electrons. The van der Waals surface area contributed by atoms with Gasteiger partial charge in [0.15, 0.2) is 0 Å². The minimum atomic E-state index is -0.229. The topological polar surface area (TPSA) is 89.3 Å². The van der Waals surface area contributed by atoms with Gasteiger partial charge in [-0.05, 0) is 55.8 Å². The zero-order chi connectivity index (χ0) is 22.3. The quantitative estimate of drug-likeness (QED) is 0.585. The van der Waals surface area contributed by atoms with E-state index < -0.39 is 0 Å². The molecule has 1 aliphatic rings. The van der Waals surface area contributed by atoms with Crippen LogP contribution in [0.4, 0.5) is 0 Å². The minimum absolute atomic E-state index is 0.105. The zero-order valence-corrected chi connectivity index (χ0v) is 18.4. The molecule has 1 N–H and O–H groups in total. The van der Waals surface area contributed by atoms with E-state index in [1.54, 1.807) is 25.3 Å². The third kappa shape index (κ3) is 5.13. The predicted octanol–water partition coefficient (Wildman–Crippen LogP) is 2.53. The molecule has 8 nitrogen and oxygen atoms in total. The van der Waals surface area contributed by atoms with Crippen LogP contribution in [0, 0.1) is 0 Å². The van der Waals surface area contributed by atoms with E-state index in [9.17, 15) is 9.59 Å². The molecular weight excluding hydrogens is 406 g/mol. The van der Waals surface area contributed by atoms with Crippen molar-refractivity contribution < 1.29 is 9.53 Å². The predicted molar refractivity (Wildman–Crippen MR) is 123 cm³/mol. The van der Waals surface area contributed by atoms with Crippen LogP contribution in [0.15, 0.2) is 53.3 Å². The van der Waals surface area contributed by atoms with E-state index in [-0.39, 0.29) is 30.5 Å². The highest BCUT2D eigenvalue weighted by Gasteiger charge is 2.23. The number of hydrogen-bond donors (Lipinski definition) is 1. The van der Waals surface area contributed by atoms with Crippen LogP contribution < -0.4 is 15.6 Å². The first-order valence-electron chi connectivity index (χ1n) is 11.1. The second-order valence-electron chi connectivity index (χ2n) is 8.07. The van der Waals surface area contributed by atoms with Gasteiger partial charge in [0.05, 0.1) is 25.1 Å². The number of ether oxygens (including phenoxy) is 1. The van der Waals surface area contributed by atoms with Gasteiger partial charge < -0.3 is 10.1 Å². The molecule has 168 valence electrons. The van der Waals surface area contributed by atoms with E-state index >= 15 is 0 Å². The molecule has 2 aromatic carbocycles. The highest BCUT2D eigenvalue weighted by atomic mass is 16.5. The highest BCUT2D eigenvalue weighted by molar-refractivity contribution is 5.77. The Morgan fingerprint density at radius 3 is 2.59 bits per heavy atom. The first kappa shape index (κ1) is 22.0. The van der Waals surface area contributed by atoms with Crippen LogP contribution in [0.2, 0.25) is 0 Å². The van der Waals surface area contributed by atoms with Crippen LogP contribution in [-0.4, -0.2) is 52.5 Å². The van der Waals surface area contributed by atoms with Crippen molar-refractivity contribution >= 4 is 16.8 Å². The van der Waals surface area contributed by atoms with Crippen molar-refractivity contribution in [1.82, 2.24) is 25.2 Å². The smallest absolute Gasteiger partial charge is 0.277 e. The summed E-state index contributed by atoms with van der Waals surface area (Å²) in [5.74, 6) is 0.708. The Morgan fingerprint density at radius 2 is 1.84 bits per heavy atom. The molecule has 1 atom stereocenters. The van der Waals surface area contributed by atoms with Crippen molar-refractivity contribution in [3.05, 3.63) is 64.4 Å². The molecule has 3 aromatic rings. The summed E-state index contributed by atoms with van der Waals surface area (Å²) in [5, 5.41) is 11.6. The van der Waals surface area contributed by atoms with E-state index in [4.69, 9.17) is 4.74 Å². The van der Waals surface area contributed by atoms with E-state index in [1.165, 1.54) is 23.9 Å². The largest absolute Gasteiger partial charge is 0.497 e. The molecule has 1 aliphatic heterocycles. The minimum Gasteiger partial charge on any atom is -0.497 e. The van der Waals surface area contributed by atoms with Gasteiger partial charge in [-0.3, -0.25) is 14.5 Å². The summed E-state index contributed by atoms with van der Waals surface area (Å²) in [6, 6.07) is 15.2. The maximum absolute atomic E-state index is 12.6. The standard InChI is InChI=1S/C24H29N5O3/c1-32-19-11-9-18(10-12-19)22(28-14-5-2-6-15-28)17-25-23(30)13-16-29-24(31)20-7-3-4-8-21(20)26-27-29/h3-4,7-12,22H,2,5-6,13-17H2,1H3,(H,25,30). The molecule has 4 rings (SSSR count). The Bertz CT molecular complexity index is 1110. The molecule has 1 amide bonds. The zero-order valence-electron chi connectivity index (χ0n) is 18.4. The van der Waals surface area contributed by atoms with Crippen LogP contribution >= 0.6 is 0 Å². The maximum atomic E-state index is 12.6. The van der Waals surface area contributed by atoms with Gasteiger partial charge in [0.25, 0.3) is 5.56 Å². The van der Waals surface area contributed by atoms with Gasteiger partial charge in [0.2, 0.25) is 5.91 Å². The number of methoxy groups -OCH3 is 1. The Balaban J connectivity index is 1.39. The Morgan fingerprint density at radius 1 is 1.09 bits per heavy atom. The maximum Gasteiger partial charge on any atom is 0.277 e. The first-order valence-corrected chi connectivity index (χ1v) is 11.1. The summed E-state index contributed by atoms with van der Waals surface area (Å²) in [7, 11) is 1.66. The Labute approximate surface area is 187 Å². The van der Waals surface area contributed by atoms with Crippen LogP contribution in [0.1, 0.15) is 37.3 Å². The van der Waals surface area contributed by atoms with Gasteiger partial charge in [0, 0.05) is 13.0 Å². The number of piperidine rings is 1. The number of aromatic nitrogens is 3. The number of rotatable bonds is 8. The molecule has 1 saturated heterocycles. The fraction of sp³-hybridized carbons (Fsp3) is 0.417. The lowest BCUT2D eigenvalue weighted by Crippen LogP contribution is -2.41. The van der Waals surface area contributed by atoms with Crippen LogP contribution in [0.25, 0.3) is 10.9 Å². The van der Waals surface area contributed by atoms with Gasteiger partial charge in [-0.2, -0.15) is 0 Å². The molecule has 1 unspecified atom stereocenters. The Kier molecular flexibility index (Phi) is 7.11. The van der Waals surface area contributed by atoms with Crippen molar-refractivity contribution in [2.45, 2.75) is 38.3 Å². The number of likely N-dealkylation sites (tertiary alicyclic amines) is 1. The second kappa shape index (κ2) is 10.4. The number of hydrogen-bond acceptors (Lipinski definition) is 6. The van der Waals surface area contributed by atoms with Gasteiger partial charge >= 0.3 is 0 Å². The molecule has 0 aliphatic carbocycles. The van der Waals surface area contributed by atoms with Crippen molar-refractivity contribution in [2.24, 2.45) is 0 Å². The van der Waals surface area contributed by atoms with Gasteiger partial charge in [-0.1, -0.05) is 35.9 Å². The monoisotopic (exact) mass is 435 g/mol. The first-order chi connectivity index (χ1) is 15.7. The van der Waals surface area contributed by atoms with Crippen LogP contribution in [-0.2, 0) is 11.3 Å². The normalized spacial score (nSPS) is 15.4. The number of nitrogens with zero attached hydrogens (tertiary/aromatic N) is 4. The number of benzene rings is 2. The fourth-order valence-electron chi connectivity index (χ4n) is 4.19. The van der Waals surface area contributed by atoms with Gasteiger partial charge in [-0.25, -0.2) is 4.68 Å². The van der Waals surface area contributed by atoms with Crippen molar-refractivity contribution in [3.63, 3.8) is 0 Å². The number of nitrogens with one attached hydrogen (secondary N) is 1. The average molecular weight is 436 g/mol. The average Bonchev–Trinajstić information content (AvgIpc) is 2.85. The molecule has 1 fully saturated rings. The van der Waals surface area contributed by atoms with Crippen LogP contribution in [0.5, 0.6) is 5.75 Å². The lowest BCUT2D eigenvalue weighted by Gasteiger charge is -2.35. The molecule has 2 heterocycles. The fourth-order valence-corrected chi connectivity index (χ4v) is 4.19. The number of aryl methyl sites for hydroxylation is 1. The molecular formula is C24H29N5O3. The summed E-state index contributed by atoms with van der Waals surface area (Å²) < 4.78 is 6.54. The number of carbonyl (C=O) groups is 1. The van der Waals surface area contributed by atoms with Gasteiger partial charge in [0.1, 0.15) is 11.3 Å². The van der Waals surface area contributed by atoms with Crippen molar-refractivity contribution in [2.75, 3.05) is 26.7 Å². The van der Waals surface area contributed by atoms with Crippen molar-refractivity contribution in [3.8, 4) is 5.75 Å². The number of fused-ring (bicyclic) bond motifs is 1. The third-order valence-electron chi connectivity index (χ3n) is 6.00. The Hall–Kier alpha value is -3.26.